The van der Waals surface area contributed by atoms with Gasteiger partial charge in [0.05, 0.1) is 6.61 Å². The fraction of sp³-hybridized carbons (Fsp3) is 0.318. The monoisotopic (exact) mass is 427 g/mol. The van der Waals surface area contributed by atoms with Crippen LogP contribution in [0.25, 0.3) is 0 Å². The number of hydrogen-bond donors (Lipinski definition) is 2. The van der Waals surface area contributed by atoms with Crippen LogP contribution in [0.3, 0.4) is 0 Å². The summed E-state index contributed by atoms with van der Waals surface area (Å²) < 4.78 is 10.4. The number of likely N-dealkylation sites (tertiary alicyclic amines) is 1. The molecule has 2 N–H and O–H groups in total. The van der Waals surface area contributed by atoms with Crippen LogP contribution in [0.5, 0.6) is 5.75 Å². The molecule has 1 aliphatic heterocycles. The van der Waals surface area contributed by atoms with E-state index in [1.54, 1.807) is 55.6 Å². The van der Waals surface area contributed by atoms with Gasteiger partial charge in [0, 0.05) is 37.0 Å². The SMILES string of the molecule is COCCOc1ccc(C(=O)NC(=S)Nc2cccc(C(=O)N3CCCC3)c2)cc1. The summed E-state index contributed by atoms with van der Waals surface area (Å²) in [5.41, 5.74) is 1.70. The van der Waals surface area contributed by atoms with Crippen LogP contribution in [-0.2, 0) is 4.74 Å². The minimum Gasteiger partial charge on any atom is -0.491 e. The molecule has 2 amide bonds. The molecule has 1 fully saturated rings. The van der Waals surface area contributed by atoms with E-state index in [2.05, 4.69) is 10.6 Å². The van der Waals surface area contributed by atoms with Crippen molar-refractivity contribution in [2.75, 3.05) is 38.7 Å². The Morgan fingerprint density at radius 3 is 2.47 bits per heavy atom. The van der Waals surface area contributed by atoms with Crippen molar-refractivity contribution in [2.45, 2.75) is 12.8 Å². The second-order valence-electron chi connectivity index (χ2n) is 6.85. The number of rotatable bonds is 7. The van der Waals surface area contributed by atoms with Crippen LogP contribution < -0.4 is 15.4 Å². The third-order valence-electron chi connectivity index (χ3n) is 4.66. The number of nitrogens with zero attached hydrogens (tertiary/aromatic N) is 1. The molecule has 2 aromatic carbocycles. The Morgan fingerprint density at radius 2 is 1.77 bits per heavy atom. The van der Waals surface area contributed by atoms with E-state index < -0.39 is 0 Å². The third-order valence-corrected chi connectivity index (χ3v) is 4.86. The Hall–Kier alpha value is -2.97. The molecule has 1 saturated heterocycles. The number of thiocarbonyl (C=S) groups is 1. The molecular weight excluding hydrogens is 402 g/mol. The summed E-state index contributed by atoms with van der Waals surface area (Å²) in [5.74, 6) is 0.336. The molecule has 158 valence electrons. The number of anilines is 1. The maximum Gasteiger partial charge on any atom is 0.257 e. The lowest BCUT2D eigenvalue weighted by atomic mass is 10.2. The van der Waals surface area contributed by atoms with E-state index in [1.807, 2.05) is 4.90 Å². The van der Waals surface area contributed by atoms with Gasteiger partial charge in [-0.1, -0.05) is 6.07 Å². The molecule has 7 nitrogen and oxygen atoms in total. The van der Waals surface area contributed by atoms with Crippen molar-refractivity contribution in [2.24, 2.45) is 0 Å². The second kappa shape index (κ2) is 10.7. The maximum atomic E-state index is 12.5. The molecule has 1 aliphatic rings. The molecule has 1 heterocycles. The first kappa shape index (κ1) is 21.7. The van der Waals surface area contributed by atoms with Crippen molar-refractivity contribution in [1.82, 2.24) is 10.2 Å². The third kappa shape index (κ3) is 6.01. The molecule has 0 atom stereocenters. The zero-order valence-corrected chi connectivity index (χ0v) is 17.7. The van der Waals surface area contributed by atoms with Gasteiger partial charge >= 0.3 is 0 Å². The number of carbonyl (C=O) groups excluding carboxylic acids is 2. The summed E-state index contributed by atoms with van der Waals surface area (Å²) in [6, 6.07) is 13.9. The lowest BCUT2D eigenvalue weighted by molar-refractivity contribution is 0.0792. The lowest BCUT2D eigenvalue weighted by Gasteiger charge is -2.16. The minimum atomic E-state index is -0.333. The number of benzene rings is 2. The molecule has 0 saturated carbocycles. The quantitative estimate of drug-likeness (QED) is 0.522. The molecule has 0 bridgehead atoms. The predicted octanol–water partition coefficient (Wildman–Crippen LogP) is 3.07. The normalized spacial score (nSPS) is 13.0. The molecule has 0 spiro atoms. The topological polar surface area (TPSA) is 79.9 Å². The molecule has 0 radical (unpaired) electrons. The van der Waals surface area contributed by atoms with Crippen molar-refractivity contribution in [3.8, 4) is 5.75 Å². The van der Waals surface area contributed by atoms with Crippen LogP contribution in [-0.4, -0.2) is 55.2 Å². The van der Waals surface area contributed by atoms with Gasteiger partial charge in [0.1, 0.15) is 12.4 Å². The molecule has 8 heteroatoms. The number of methoxy groups -OCH3 is 1. The van der Waals surface area contributed by atoms with Gasteiger partial charge in [-0.3, -0.25) is 14.9 Å². The minimum absolute atomic E-state index is 0.0129. The van der Waals surface area contributed by atoms with Crippen LogP contribution in [0.1, 0.15) is 33.6 Å². The summed E-state index contributed by atoms with van der Waals surface area (Å²) in [6.45, 7) is 2.52. The molecule has 0 aliphatic carbocycles. The van der Waals surface area contributed by atoms with Gasteiger partial charge in [0.15, 0.2) is 5.11 Å². The maximum absolute atomic E-state index is 12.5. The average Bonchev–Trinajstić information content (AvgIpc) is 3.29. The Balaban J connectivity index is 1.54. The number of nitrogens with one attached hydrogen (secondary N) is 2. The molecule has 3 rings (SSSR count). The smallest absolute Gasteiger partial charge is 0.257 e. The number of carbonyl (C=O) groups is 2. The fourth-order valence-electron chi connectivity index (χ4n) is 3.12. The van der Waals surface area contributed by atoms with Gasteiger partial charge in [-0.05, 0) is 67.5 Å². The van der Waals surface area contributed by atoms with E-state index in [0.717, 1.165) is 25.9 Å². The van der Waals surface area contributed by atoms with Gasteiger partial charge in [-0.15, -0.1) is 0 Å². The number of hydrogen-bond acceptors (Lipinski definition) is 5. The van der Waals surface area contributed by atoms with Gasteiger partial charge in [0.25, 0.3) is 11.8 Å². The fourth-order valence-corrected chi connectivity index (χ4v) is 3.33. The molecule has 2 aromatic rings. The van der Waals surface area contributed by atoms with Gasteiger partial charge in [-0.25, -0.2) is 0 Å². The molecular formula is C22H25N3O4S. The number of amides is 2. The first-order valence-corrected chi connectivity index (χ1v) is 10.2. The zero-order chi connectivity index (χ0) is 21.3. The van der Waals surface area contributed by atoms with E-state index >= 15 is 0 Å². The standard InChI is InChI=1S/C22H25N3O4S/c1-28-13-14-29-19-9-7-16(8-10-19)20(26)24-22(30)23-18-6-4-5-17(15-18)21(27)25-11-2-3-12-25/h4-10,15H,2-3,11-14H2,1H3,(H2,23,24,26,30). The van der Waals surface area contributed by atoms with Gasteiger partial charge in [-0.2, -0.15) is 0 Å². The highest BCUT2D eigenvalue weighted by molar-refractivity contribution is 7.80. The lowest BCUT2D eigenvalue weighted by Crippen LogP contribution is -2.34. The second-order valence-corrected chi connectivity index (χ2v) is 7.26. The molecule has 0 unspecified atom stereocenters. The van der Waals surface area contributed by atoms with E-state index in [1.165, 1.54) is 0 Å². The Bertz CT molecular complexity index is 896. The highest BCUT2D eigenvalue weighted by atomic mass is 32.1. The van der Waals surface area contributed by atoms with Gasteiger partial charge < -0.3 is 19.7 Å². The highest BCUT2D eigenvalue weighted by Crippen LogP contribution is 2.17. The highest BCUT2D eigenvalue weighted by Gasteiger charge is 2.19. The molecule has 0 aromatic heterocycles. The van der Waals surface area contributed by atoms with Crippen molar-refractivity contribution in [3.63, 3.8) is 0 Å². The first-order valence-electron chi connectivity index (χ1n) is 9.80. The van der Waals surface area contributed by atoms with Gasteiger partial charge in [0.2, 0.25) is 0 Å². The summed E-state index contributed by atoms with van der Waals surface area (Å²) in [4.78, 5) is 26.8. The predicted molar refractivity (Wildman–Crippen MR) is 119 cm³/mol. The summed E-state index contributed by atoms with van der Waals surface area (Å²) in [7, 11) is 1.61. The Morgan fingerprint density at radius 1 is 1.03 bits per heavy atom. The van der Waals surface area contributed by atoms with E-state index in [-0.39, 0.29) is 16.9 Å². The van der Waals surface area contributed by atoms with E-state index in [9.17, 15) is 9.59 Å². The van der Waals surface area contributed by atoms with Crippen LogP contribution in [0.2, 0.25) is 0 Å². The van der Waals surface area contributed by atoms with Crippen molar-refractivity contribution >= 4 is 34.8 Å². The largest absolute Gasteiger partial charge is 0.491 e. The average molecular weight is 428 g/mol. The van der Waals surface area contributed by atoms with Crippen molar-refractivity contribution < 1.29 is 19.1 Å². The van der Waals surface area contributed by atoms with E-state index in [4.69, 9.17) is 21.7 Å². The van der Waals surface area contributed by atoms with E-state index in [0.29, 0.717) is 35.8 Å². The number of ether oxygens (including phenoxy) is 2. The van der Waals surface area contributed by atoms with Crippen molar-refractivity contribution in [3.05, 3.63) is 59.7 Å². The Labute approximate surface area is 181 Å². The Kier molecular flexibility index (Phi) is 7.75. The summed E-state index contributed by atoms with van der Waals surface area (Å²) in [5, 5.41) is 5.77. The van der Waals surface area contributed by atoms with Crippen molar-refractivity contribution in [1.29, 1.82) is 0 Å². The zero-order valence-electron chi connectivity index (χ0n) is 16.8. The van der Waals surface area contributed by atoms with Crippen LogP contribution in [0, 0.1) is 0 Å². The van der Waals surface area contributed by atoms with Crippen LogP contribution in [0.15, 0.2) is 48.5 Å². The first-order chi connectivity index (χ1) is 14.6. The summed E-state index contributed by atoms with van der Waals surface area (Å²) >= 11 is 5.25. The molecule has 30 heavy (non-hydrogen) atoms. The van der Waals surface area contributed by atoms with Crippen LogP contribution in [0.4, 0.5) is 5.69 Å². The summed E-state index contributed by atoms with van der Waals surface area (Å²) in [6.07, 6.45) is 2.08. The van der Waals surface area contributed by atoms with Crippen LogP contribution >= 0.6 is 12.2 Å².